The first-order valence-corrected chi connectivity index (χ1v) is 7.05. The third-order valence-corrected chi connectivity index (χ3v) is 2.65. The van der Waals surface area contributed by atoms with Crippen LogP contribution in [0.5, 0.6) is 11.5 Å². The Bertz CT molecular complexity index is 601. The van der Waals surface area contributed by atoms with E-state index in [9.17, 15) is 0 Å². The summed E-state index contributed by atoms with van der Waals surface area (Å²) in [6, 6.07) is 12.2. The summed E-state index contributed by atoms with van der Waals surface area (Å²) in [6.07, 6.45) is 0. The van der Waals surface area contributed by atoms with Gasteiger partial charge in [-0.15, -0.1) is 0 Å². The van der Waals surface area contributed by atoms with Crippen molar-refractivity contribution < 1.29 is 9.47 Å². The highest BCUT2D eigenvalue weighted by Gasteiger charge is 2.15. The number of hydrogen-bond donors (Lipinski definition) is 0. The van der Waals surface area contributed by atoms with Gasteiger partial charge < -0.3 is 9.47 Å². The zero-order valence-corrected chi connectivity index (χ0v) is 13.3. The summed E-state index contributed by atoms with van der Waals surface area (Å²) in [5.74, 6) is 1.80. The lowest BCUT2D eigenvalue weighted by Gasteiger charge is -2.23. The fourth-order valence-electron chi connectivity index (χ4n) is 2.07. The van der Waals surface area contributed by atoms with Crippen LogP contribution in [-0.2, 0) is 0 Å². The molecule has 0 saturated carbocycles. The van der Waals surface area contributed by atoms with Gasteiger partial charge in [-0.05, 0) is 71.2 Å². The SMILES string of the molecule is CC(C)(C)Oc1ccc2c(OC(C)(C)C)cccc2c1. The summed E-state index contributed by atoms with van der Waals surface area (Å²) in [6.45, 7) is 12.3. The highest BCUT2D eigenvalue weighted by Crippen LogP contribution is 2.31. The van der Waals surface area contributed by atoms with E-state index in [-0.39, 0.29) is 11.2 Å². The molecule has 0 aliphatic carbocycles. The Morgan fingerprint density at radius 3 is 2.00 bits per heavy atom. The molecule has 0 aliphatic heterocycles. The van der Waals surface area contributed by atoms with Crippen molar-refractivity contribution in [1.82, 2.24) is 0 Å². The van der Waals surface area contributed by atoms with Crippen molar-refractivity contribution in [2.75, 3.05) is 0 Å². The van der Waals surface area contributed by atoms with E-state index in [4.69, 9.17) is 9.47 Å². The van der Waals surface area contributed by atoms with Gasteiger partial charge >= 0.3 is 0 Å². The lowest BCUT2D eigenvalue weighted by molar-refractivity contribution is 0.131. The summed E-state index contributed by atoms with van der Waals surface area (Å²) < 4.78 is 11.9. The monoisotopic (exact) mass is 272 g/mol. The van der Waals surface area contributed by atoms with Crippen LogP contribution in [0, 0.1) is 0 Å². The fraction of sp³-hybridized carbons (Fsp3) is 0.444. The molecule has 0 amide bonds. The molecule has 0 bridgehead atoms. The van der Waals surface area contributed by atoms with Crippen LogP contribution >= 0.6 is 0 Å². The first kappa shape index (κ1) is 14.7. The van der Waals surface area contributed by atoms with E-state index in [2.05, 4.69) is 59.7 Å². The molecular weight excluding hydrogens is 248 g/mol. The highest BCUT2D eigenvalue weighted by molar-refractivity contribution is 5.89. The van der Waals surface area contributed by atoms with Crippen molar-refractivity contribution in [3.05, 3.63) is 36.4 Å². The summed E-state index contributed by atoms with van der Waals surface area (Å²) in [7, 11) is 0. The van der Waals surface area contributed by atoms with E-state index in [1.165, 1.54) is 0 Å². The van der Waals surface area contributed by atoms with Gasteiger partial charge in [-0.2, -0.15) is 0 Å². The molecule has 2 nitrogen and oxygen atoms in total. The van der Waals surface area contributed by atoms with E-state index >= 15 is 0 Å². The maximum atomic E-state index is 6.01. The molecule has 108 valence electrons. The van der Waals surface area contributed by atoms with Gasteiger partial charge in [0.25, 0.3) is 0 Å². The molecule has 0 unspecified atom stereocenters. The van der Waals surface area contributed by atoms with Crippen molar-refractivity contribution in [3.63, 3.8) is 0 Å². The third-order valence-electron chi connectivity index (χ3n) is 2.65. The maximum Gasteiger partial charge on any atom is 0.127 e. The lowest BCUT2D eigenvalue weighted by atomic mass is 10.1. The van der Waals surface area contributed by atoms with Crippen LogP contribution in [0.2, 0.25) is 0 Å². The molecule has 2 heteroatoms. The van der Waals surface area contributed by atoms with Crippen molar-refractivity contribution in [3.8, 4) is 11.5 Å². The predicted octanol–water partition coefficient (Wildman–Crippen LogP) is 5.19. The molecule has 0 N–H and O–H groups in total. The number of ether oxygens (including phenoxy) is 2. The Balaban J connectivity index is 2.40. The Labute approximate surface area is 121 Å². The van der Waals surface area contributed by atoms with Crippen molar-refractivity contribution in [1.29, 1.82) is 0 Å². The normalized spacial score (nSPS) is 12.5. The summed E-state index contributed by atoms with van der Waals surface area (Å²) in [4.78, 5) is 0. The highest BCUT2D eigenvalue weighted by atomic mass is 16.5. The molecule has 2 aromatic rings. The van der Waals surface area contributed by atoms with Gasteiger partial charge in [0, 0.05) is 5.39 Å². The molecule has 0 saturated heterocycles. The Morgan fingerprint density at radius 2 is 1.40 bits per heavy atom. The molecule has 20 heavy (non-hydrogen) atoms. The zero-order chi connectivity index (χ0) is 15.0. The van der Waals surface area contributed by atoms with E-state index in [1.807, 2.05) is 18.2 Å². The minimum Gasteiger partial charge on any atom is -0.488 e. The van der Waals surface area contributed by atoms with Gasteiger partial charge in [0.2, 0.25) is 0 Å². The van der Waals surface area contributed by atoms with Crippen LogP contribution in [0.1, 0.15) is 41.5 Å². The van der Waals surface area contributed by atoms with E-state index in [1.54, 1.807) is 0 Å². The van der Waals surface area contributed by atoms with Crippen molar-refractivity contribution >= 4 is 10.8 Å². The molecule has 0 radical (unpaired) electrons. The van der Waals surface area contributed by atoms with Crippen molar-refractivity contribution in [2.24, 2.45) is 0 Å². The van der Waals surface area contributed by atoms with Gasteiger partial charge in [-0.3, -0.25) is 0 Å². The Kier molecular flexibility index (Phi) is 3.68. The molecule has 0 aromatic heterocycles. The molecule has 0 fully saturated rings. The van der Waals surface area contributed by atoms with Crippen LogP contribution in [0.15, 0.2) is 36.4 Å². The second-order valence-electron chi connectivity index (χ2n) is 7.07. The van der Waals surface area contributed by atoms with Crippen LogP contribution < -0.4 is 9.47 Å². The Morgan fingerprint density at radius 1 is 0.750 bits per heavy atom. The van der Waals surface area contributed by atoms with Gasteiger partial charge in [0.1, 0.15) is 22.7 Å². The summed E-state index contributed by atoms with van der Waals surface area (Å²) in [5, 5.41) is 2.25. The largest absolute Gasteiger partial charge is 0.488 e. The third kappa shape index (κ3) is 3.89. The van der Waals surface area contributed by atoms with Crippen LogP contribution in [0.25, 0.3) is 10.8 Å². The maximum absolute atomic E-state index is 6.01. The minimum atomic E-state index is -0.200. The van der Waals surface area contributed by atoms with Crippen molar-refractivity contribution in [2.45, 2.75) is 52.7 Å². The van der Waals surface area contributed by atoms with Gasteiger partial charge in [-0.25, -0.2) is 0 Å². The number of fused-ring (bicyclic) bond motifs is 1. The summed E-state index contributed by atoms with van der Waals surface area (Å²) in [5.41, 5.74) is -0.387. The first-order chi connectivity index (χ1) is 9.14. The lowest BCUT2D eigenvalue weighted by Crippen LogP contribution is -2.23. The van der Waals surface area contributed by atoms with Crippen LogP contribution in [0.4, 0.5) is 0 Å². The minimum absolute atomic E-state index is 0.187. The van der Waals surface area contributed by atoms with Gasteiger partial charge in [0.15, 0.2) is 0 Å². The van der Waals surface area contributed by atoms with E-state index in [0.717, 1.165) is 22.3 Å². The molecule has 0 aliphatic rings. The average molecular weight is 272 g/mol. The van der Waals surface area contributed by atoms with Crippen LogP contribution in [0.3, 0.4) is 0 Å². The average Bonchev–Trinajstić information content (AvgIpc) is 2.24. The molecule has 2 rings (SSSR count). The summed E-state index contributed by atoms with van der Waals surface area (Å²) >= 11 is 0. The molecule has 0 heterocycles. The Hall–Kier alpha value is -1.70. The fourth-order valence-corrected chi connectivity index (χ4v) is 2.07. The smallest absolute Gasteiger partial charge is 0.127 e. The number of hydrogen-bond acceptors (Lipinski definition) is 2. The zero-order valence-electron chi connectivity index (χ0n) is 13.3. The quantitative estimate of drug-likeness (QED) is 0.748. The topological polar surface area (TPSA) is 18.5 Å². The van der Waals surface area contributed by atoms with Gasteiger partial charge in [-0.1, -0.05) is 12.1 Å². The number of rotatable bonds is 2. The molecule has 0 atom stereocenters. The van der Waals surface area contributed by atoms with E-state index < -0.39 is 0 Å². The molecular formula is C18H24O2. The predicted molar refractivity (Wildman–Crippen MR) is 84.7 cm³/mol. The first-order valence-electron chi connectivity index (χ1n) is 7.05. The second-order valence-corrected chi connectivity index (χ2v) is 7.07. The molecule has 0 spiro atoms. The standard InChI is InChI=1S/C18H24O2/c1-17(2,3)19-14-10-11-15-13(12-14)8-7-9-16(15)20-18(4,5)6/h7-12H,1-6H3. The second kappa shape index (κ2) is 5.01. The number of benzene rings is 2. The van der Waals surface area contributed by atoms with E-state index in [0.29, 0.717) is 0 Å². The van der Waals surface area contributed by atoms with Crippen LogP contribution in [-0.4, -0.2) is 11.2 Å². The molecule has 2 aromatic carbocycles. The van der Waals surface area contributed by atoms with Gasteiger partial charge in [0.05, 0.1) is 0 Å².